The normalized spacial score (nSPS) is 11.6. The SMILES string of the molecule is CCC(C(N)=O)N(C)c1nc(Cl)ccc1C#N. The van der Waals surface area contributed by atoms with E-state index < -0.39 is 11.9 Å². The molecule has 1 aromatic rings. The van der Waals surface area contributed by atoms with Crippen molar-refractivity contribution in [1.82, 2.24) is 4.98 Å². The summed E-state index contributed by atoms with van der Waals surface area (Å²) in [4.78, 5) is 16.9. The first-order chi connectivity index (χ1) is 8.01. The highest BCUT2D eigenvalue weighted by Gasteiger charge is 2.22. The molecule has 17 heavy (non-hydrogen) atoms. The monoisotopic (exact) mass is 252 g/mol. The average molecular weight is 253 g/mol. The van der Waals surface area contributed by atoms with Crippen LogP contribution in [0.1, 0.15) is 18.9 Å². The van der Waals surface area contributed by atoms with Crippen LogP contribution in [0, 0.1) is 11.3 Å². The summed E-state index contributed by atoms with van der Waals surface area (Å²) < 4.78 is 0. The van der Waals surface area contributed by atoms with Crippen LogP contribution in [-0.4, -0.2) is 24.0 Å². The summed E-state index contributed by atoms with van der Waals surface area (Å²) in [6.45, 7) is 1.84. The Kier molecular flexibility index (Phi) is 4.30. The molecule has 1 heterocycles. The van der Waals surface area contributed by atoms with Crippen LogP contribution in [0.25, 0.3) is 0 Å². The van der Waals surface area contributed by atoms with Crippen molar-refractivity contribution in [3.63, 3.8) is 0 Å². The fourth-order valence-corrected chi connectivity index (χ4v) is 1.74. The molecule has 0 spiro atoms. The molecular weight excluding hydrogens is 240 g/mol. The second kappa shape index (κ2) is 5.51. The van der Waals surface area contributed by atoms with Crippen molar-refractivity contribution < 1.29 is 4.79 Å². The summed E-state index contributed by atoms with van der Waals surface area (Å²) in [6, 6.07) is 4.60. The number of pyridine rings is 1. The first-order valence-electron chi connectivity index (χ1n) is 5.10. The first-order valence-corrected chi connectivity index (χ1v) is 5.47. The molecule has 1 aromatic heterocycles. The summed E-state index contributed by atoms with van der Waals surface area (Å²) in [5, 5.41) is 9.24. The van der Waals surface area contributed by atoms with E-state index in [1.54, 1.807) is 18.0 Å². The molecular formula is C11H13ClN4O. The third-order valence-electron chi connectivity index (χ3n) is 2.48. The lowest BCUT2D eigenvalue weighted by Gasteiger charge is -2.26. The molecule has 0 bridgehead atoms. The molecule has 0 aliphatic carbocycles. The number of carbonyl (C=O) groups excluding carboxylic acids is 1. The minimum Gasteiger partial charge on any atom is -0.368 e. The first kappa shape index (κ1) is 13.3. The molecule has 0 saturated carbocycles. The lowest BCUT2D eigenvalue weighted by Crippen LogP contribution is -2.43. The topological polar surface area (TPSA) is 83.0 Å². The number of amides is 1. The summed E-state index contributed by atoms with van der Waals surface area (Å²) in [6.07, 6.45) is 0.533. The number of nitriles is 1. The van der Waals surface area contributed by atoms with Gasteiger partial charge in [-0.3, -0.25) is 4.79 Å². The smallest absolute Gasteiger partial charge is 0.240 e. The number of hydrogen-bond acceptors (Lipinski definition) is 4. The second-order valence-corrected chi connectivity index (χ2v) is 3.94. The van der Waals surface area contributed by atoms with Crippen LogP contribution in [0.3, 0.4) is 0 Å². The Morgan fingerprint density at radius 2 is 2.35 bits per heavy atom. The molecule has 1 unspecified atom stereocenters. The second-order valence-electron chi connectivity index (χ2n) is 3.55. The zero-order valence-corrected chi connectivity index (χ0v) is 10.4. The number of anilines is 1. The molecule has 2 N–H and O–H groups in total. The van der Waals surface area contributed by atoms with E-state index in [1.165, 1.54) is 6.07 Å². The highest BCUT2D eigenvalue weighted by Crippen LogP contribution is 2.21. The summed E-state index contributed by atoms with van der Waals surface area (Å²) in [5.74, 6) is -0.0914. The highest BCUT2D eigenvalue weighted by atomic mass is 35.5. The number of nitrogens with zero attached hydrogens (tertiary/aromatic N) is 3. The van der Waals surface area contributed by atoms with Crippen LogP contribution in [0.5, 0.6) is 0 Å². The number of hydrogen-bond donors (Lipinski definition) is 1. The Hall–Kier alpha value is -1.80. The molecule has 1 atom stereocenters. The molecule has 5 nitrogen and oxygen atoms in total. The maximum atomic E-state index is 11.3. The Bertz CT molecular complexity index is 469. The van der Waals surface area contributed by atoms with Crippen molar-refractivity contribution in [2.24, 2.45) is 5.73 Å². The van der Waals surface area contributed by atoms with Crippen molar-refractivity contribution in [3.05, 3.63) is 22.8 Å². The zero-order chi connectivity index (χ0) is 13.0. The van der Waals surface area contributed by atoms with E-state index in [0.717, 1.165) is 0 Å². The Morgan fingerprint density at radius 3 is 2.82 bits per heavy atom. The molecule has 0 aromatic carbocycles. The molecule has 0 saturated heterocycles. The van der Waals surface area contributed by atoms with Gasteiger partial charge >= 0.3 is 0 Å². The van der Waals surface area contributed by atoms with Crippen LogP contribution in [0.2, 0.25) is 5.15 Å². The number of halogens is 1. The van der Waals surface area contributed by atoms with Gasteiger partial charge in [0.15, 0.2) is 0 Å². The molecule has 90 valence electrons. The van der Waals surface area contributed by atoms with Gasteiger partial charge in [-0.25, -0.2) is 4.98 Å². The van der Waals surface area contributed by atoms with Gasteiger partial charge < -0.3 is 10.6 Å². The van der Waals surface area contributed by atoms with Crippen molar-refractivity contribution in [2.45, 2.75) is 19.4 Å². The minimum atomic E-state index is -0.506. The van der Waals surface area contributed by atoms with Crippen LogP contribution >= 0.6 is 11.6 Å². The van der Waals surface area contributed by atoms with E-state index in [9.17, 15) is 4.79 Å². The lowest BCUT2D eigenvalue weighted by atomic mass is 10.1. The van der Waals surface area contributed by atoms with E-state index in [-0.39, 0.29) is 5.15 Å². The predicted molar refractivity (Wildman–Crippen MR) is 65.6 cm³/mol. The summed E-state index contributed by atoms with van der Waals surface area (Å²) in [7, 11) is 1.67. The van der Waals surface area contributed by atoms with Gasteiger partial charge in [-0.1, -0.05) is 18.5 Å². The van der Waals surface area contributed by atoms with Gasteiger partial charge in [-0.2, -0.15) is 5.26 Å². The average Bonchev–Trinajstić information content (AvgIpc) is 2.29. The summed E-state index contributed by atoms with van der Waals surface area (Å²) in [5.41, 5.74) is 5.65. The Morgan fingerprint density at radius 1 is 1.71 bits per heavy atom. The van der Waals surface area contributed by atoms with Crippen molar-refractivity contribution in [2.75, 3.05) is 11.9 Å². The van der Waals surface area contributed by atoms with Crippen molar-refractivity contribution in [1.29, 1.82) is 5.26 Å². The van der Waals surface area contributed by atoms with Crippen molar-refractivity contribution >= 4 is 23.3 Å². The van der Waals surface area contributed by atoms with Gasteiger partial charge in [-0.05, 0) is 18.6 Å². The predicted octanol–water partition coefficient (Wildman–Crippen LogP) is 1.31. The summed E-state index contributed by atoms with van der Waals surface area (Å²) >= 11 is 5.78. The number of nitrogens with two attached hydrogens (primary N) is 1. The minimum absolute atomic E-state index is 0.269. The fourth-order valence-electron chi connectivity index (χ4n) is 1.59. The number of carbonyl (C=O) groups is 1. The van der Waals surface area contributed by atoms with Gasteiger partial charge in [-0.15, -0.1) is 0 Å². The molecule has 0 aliphatic heterocycles. The van der Waals surface area contributed by atoms with E-state index in [1.807, 2.05) is 13.0 Å². The van der Waals surface area contributed by atoms with Crippen LogP contribution in [0.15, 0.2) is 12.1 Å². The molecule has 1 amide bonds. The van der Waals surface area contributed by atoms with Gasteiger partial charge in [0.05, 0.1) is 5.56 Å². The van der Waals surface area contributed by atoms with Gasteiger partial charge in [0, 0.05) is 7.05 Å². The third-order valence-corrected chi connectivity index (χ3v) is 2.69. The van der Waals surface area contributed by atoms with Crippen molar-refractivity contribution in [3.8, 4) is 6.07 Å². The quantitative estimate of drug-likeness (QED) is 0.819. The molecule has 1 rings (SSSR count). The Labute approximate surface area is 105 Å². The van der Waals surface area contributed by atoms with Gasteiger partial charge in [0.2, 0.25) is 5.91 Å². The molecule has 6 heteroatoms. The number of likely N-dealkylation sites (N-methyl/N-ethyl adjacent to an activating group) is 1. The van der Waals surface area contributed by atoms with Crippen LogP contribution in [-0.2, 0) is 4.79 Å². The number of aromatic nitrogens is 1. The molecule has 0 radical (unpaired) electrons. The standard InChI is InChI=1S/C11H13ClN4O/c1-3-8(10(14)17)16(2)11-7(6-13)4-5-9(12)15-11/h4-5,8H,3H2,1-2H3,(H2,14,17). The maximum Gasteiger partial charge on any atom is 0.240 e. The van der Waals surface area contributed by atoms with E-state index >= 15 is 0 Å². The third kappa shape index (κ3) is 2.86. The number of primary amides is 1. The van der Waals surface area contributed by atoms with E-state index in [0.29, 0.717) is 17.8 Å². The molecule has 0 fully saturated rings. The lowest BCUT2D eigenvalue weighted by molar-refractivity contribution is -0.119. The van der Waals surface area contributed by atoms with Crippen LogP contribution in [0.4, 0.5) is 5.82 Å². The maximum absolute atomic E-state index is 11.3. The Balaban J connectivity index is 3.19. The largest absolute Gasteiger partial charge is 0.368 e. The van der Waals surface area contributed by atoms with E-state index in [2.05, 4.69) is 4.98 Å². The molecule has 0 aliphatic rings. The fraction of sp³-hybridized carbons (Fsp3) is 0.364. The van der Waals surface area contributed by atoms with Crippen LogP contribution < -0.4 is 10.6 Å². The highest BCUT2D eigenvalue weighted by molar-refractivity contribution is 6.29. The van der Waals surface area contributed by atoms with E-state index in [4.69, 9.17) is 22.6 Å². The zero-order valence-electron chi connectivity index (χ0n) is 9.64. The number of rotatable bonds is 4. The van der Waals surface area contributed by atoms with Gasteiger partial charge in [0.1, 0.15) is 23.1 Å². The van der Waals surface area contributed by atoms with Gasteiger partial charge in [0.25, 0.3) is 0 Å².